The number of fused-ring (bicyclic) bond motifs is 1. The lowest BCUT2D eigenvalue weighted by atomic mass is 9.96. The van der Waals surface area contributed by atoms with Crippen LogP contribution in [0.4, 0.5) is 0 Å². The molecule has 3 N–H and O–H groups in total. The van der Waals surface area contributed by atoms with Gasteiger partial charge in [-0.15, -0.1) is 0 Å². The molecule has 1 atom stereocenters. The zero-order valence-corrected chi connectivity index (χ0v) is 16.0. The minimum absolute atomic E-state index is 0.0157. The number of carbonyl (C=O) groups is 1. The molecule has 0 amide bonds. The monoisotopic (exact) mass is 381 g/mol. The van der Waals surface area contributed by atoms with E-state index in [4.69, 9.17) is 4.42 Å². The van der Waals surface area contributed by atoms with Gasteiger partial charge >= 0.3 is 11.6 Å². The third-order valence-electron chi connectivity index (χ3n) is 4.85. The smallest absolute Gasteiger partial charge is 0.336 e. The van der Waals surface area contributed by atoms with E-state index in [-0.39, 0.29) is 18.2 Å². The number of phenols is 1. The molecule has 146 valence electrons. The summed E-state index contributed by atoms with van der Waals surface area (Å²) >= 11 is 0. The number of aliphatic carboxylic acids is 1. The van der Waals surface area contributed by atoms with Crippen molar-refractivity contribution in [3.63, 3.8) is 0 Å². The molecule has 0 aliphatic carbocycles. The van der Waals surface area contributed by atoms with Crippen LogP contribution < -0.4 is 10.9 Å². The molecular formula is C22H23NO5. The summed E-state index contributed by atoms with van der Waals surface area (Å²) in [5, 5.41) is 23.8. The first-order valence-corrected chi connectivity index (χ1v) is 9.10. The number of aromatic hydroxyl groups is 1. The molecule has 0 bridgehead atoms. The number of rotatable bonds is 6. The van der Waals surface area contributed by atoms with Crippen LogP contribution in [0.1, 0.15) is 25.0 Å². The van der Waals surface area contributed by atoms with Gasteiger partial charge in [0.05, 0.1) is 5.39 Å². The lowest BCUT2D eigenvalue weighted by Gasteiger charge is -2.20. The van der Waals surface area contributed by atoms with Gasteiger partial charge in [0.15, 0.2) is 0 Å². The van der Waals surface area contributed by atoms with Gasteiger partial charge in [0.1, 0.15) is 17.4 Å². The van der Waals surface area contributed by atoms with Crippen LogP contribution in [-0.4, -0.2) is 22.2 Å². The summed E-state index contributed by atoms with van der Waals surface area (Å²) in [5.41, 5.74) is 2.43. The van der Waals surface area contributed by atoms with Crippen LogP contribution in [0.25, 0.3) is 22.1 Å². The highest BCUT2D eigenvalue weighted by atomic mass is 16.4. The Morgan fingerprint density at radius 3 is 2.46 bits per heavy atom. The average molecular weight is 381 g/mol. The maximum atomic E-state index is 12.0. The maximum absolute atomic E-state index is 12.0. The molecule has 0 aliphatic heterocycles. The van der Waals surface area contributed by atoms with Crippen LogP contribution in [-0.2, 0) is 11.3 Å². The van der Waals surface area contributed by atoms with Crippen LogP contribution in [0.3, 0.4) is 0 Å². The number of carboxylic acids is 1. The van der Waals surface area contributed by atoms with Gasteiger partial charge in [-0.05, 0) is 30.0 Å². The van der Waals surface area contributed by atoms with Gasteiger partial charge in [0.25, 0.3) is 0 Å². The Kier molecular flexibility index (Phi) is 5.51. The van der Waals surface area contributed by atoms with Crippen molar-refractivity contribution < 1.29 is 19.4 Å². The minimum atomic E-state index is -0.941. The Morgan fingerprint density at radius 2 is 1.86 bits per heavy atom. The molecule has 1 heterocycles. The fraction of sp³-hybridized carbons (Fsp3) is 0.273. The lowest BCUT2D eigenvalue weighted by molar-refractivity contribution is -0.140. The molecule has 3 rings (SSSR count). The number of phenolic OH excluding ortho intramolecular Hbond substituents is 1. The Morgan fingerprint density at radius 1 is 1.18 bits per heavy atom. The molecule has 2 aromatic carbocycles. The van der Waals surface area contributed by atoms with E-state index in [1.807, 2.05) is 44.2 Å². The Balaban J connectivity index is 2.14. The first-order valence-electron chi connectivity index (χ1n) is 9.10. The Labute approximate surface area is 162 Å². The summed E-state index contributed by atoms with van der Waals surface area (Å²) in [6.45, 7) is 5.61. The van der Waals surface area contributed by atoms with E-state index >= 15 is 0 Å². The molecule has 0 spiro atoms. The topological polar surface area (TPSA) is 99.8 Å². The summed E-state index contributed by atoms with van der Waals surface area (Å²) in [6, 6.07) is 11.6. The van der Waals surface area contributed by atoms with Crippen LogP contribution >= 0.6 is 0 Å². The van der Waals surface area contributed by atoms with Gasteiger partial charge < -0.3 is 14.6 Å². The molecule has 0 saturated carbocycles. The number of aryl methyl sites for hydroxylation is 1. The largest absolute Gasteiger partial charge is 0.507 e. The predicted octanol–water partition coefficient (Wildman–Crippen LogP) is 3.67. The molecule has 0 aliphatic rings. The quantitative estimate of drug-likeness (QED) is 0.563. The number of hydrogen-bond acceptors (Lipinski definition) is 5. The van der Waals surface area contributed by atoms with Gasteiger partial charge in [0.2, 0.25) is 0 Å². The molecule has 3 aromatic rings. The Hall–Kier alpha value is -3.12. The van der Waals surface area contributed by atoms with E-state index in [1.165, 1.54) is 6.07 Å². The third-order valence-corrected chi connectivity index (χ3v) is 4.85. The van der Waals surface area contributed by atoms with Crippen molar-refractivity contribution in [3.8, 4) is 16.9 Å². The second-order valence-electron chi connectivity index (χ2n) is 7.18. The SMILES string of the molecule is Cc1cc2oc(=O)cc(-c3ccccc3)c2c(O)c1CN[C@H](C(=O)O)C(C)C. The molecule has 0 fully saturated rings. The second-order valence-corrected chi connectivity index (χ2v) is 7.18. The van der Waals surface area contributed by atoms with Crippen molar-refractivity contribution in [1.82, 2.24) is 5.32 Å². The highest BCUT2D eigenvalue weighted by Crippen LogP contribution is 2.37. The third kappa shape index (κ3) is 3.77. The molecule has 6 heteroatoms. The van der Waals surface area contributed by atoms with E-state index in [9.17, 15) is 19.8 Å². The van der Waals surface area contributed by atoms with Crippen molar-refractivity contribution in [3.05, 3.63) is 64.0 Å². The van der Waals surface area contributed by atoms with Crippen LogP contribution in [0.5, 0.6) is 5.75 Å². The number of benzene rings is 2. The fourth-order valence-electron chi connectivity index (χ4n) is 3.37. The summed E-state index contributed by atoms with van der Waals surface area (Å²) in [6.07, 6.45) is 0. The maximum Gasteiger partial charge on any atom is 0.336 e. The first-order chi connectivity index (χ1) is 13.3. The second kappa shape index (κ2) is 7.86. The highest BCUT2D eigenvalue weighted by Gasteiger charge is 2.23. The fourth-order valence-corrected chi connectivity index (χ4v) is 3.37. The number of carboxylic acid groups (broad SMARTS) is 1. The summed E-state index contributed by atoms with van der Waals surface area (Å²) in [7, 11) is 0. The highest BCUT2D eigenvalue weighted by molar-refractivity contribution is 5.98. The van der Waals surface area contributed by atoms with Gasteiger partial charge in [-0.25, -0.2) is 4.79 Å². The molecule has 0 saturated heterocycles. The number of hydrogen-bond donors (Lipinski definition) is 3. The zero-order valence-electron chi connectivity index (χ0n) is 16.0. The van der Waals surface area contributed by atoms with E-state index in [0.717, 1.165) is 5.56 Å². The van der Waals surface area contributed by atoms with E-state index < -0.39 is 17.6 Å². The summed E-state index contributed by atoms with van der Waals surface area (Å²) in [5.74, 6) is -1.07. The van der Waals surface area contributed by atoms with Crippen molar-refractivity contribution >= 4 is 16.9 Å². The van der Waals surface area contributed by atoms with E-state index in [0.29, 0.717) is 27.7 Å². The normalized spacial score (nSPS) is 12.4. The molecule has 1 aromatic heterocycles. The molecule has 0 unspecified atom stereocenters. The van der Waals surface area contributed by atoms with Crippen LogP contribution in [0.2, 0.25) is 0 Å². The van der Waals surface area contributed by atoms with Crippen molar-refractivity contribution in [2.45, 2.75) is 33.4 Å². The van der Waals surface area contributed by atoms with E-state index in [1.54, 1.807) is 13.0 Å². The number of nitrogens with one attached hydrogen (secondary N) is 1. The first kappa shape index (κ1) is 19.6. The van der Waals surface area contributed by atoms with Gasteiger partial charge in [-0.3, -0.25) is 10.1 Å². The minimum Gasteiger partial charge on any atom is -0.507 e. The zero-order chi connectivity index (χ0) is 20.4. The molecule has 0 radical (unpaired) electrons. The van der Waals surface area contributed by atoms with Gasteiger partial charge in [-0.1, -0.05) is 44.2 Å². The molecule has 6 nitrogen and oxygen atoms in total. The van der Waals surface area contributed by atoms with Crippen LogP contribution in [0, 0.1) is 12.8 Å². The molecule has 28 heavy (non-hydrogen) atoms. The van der Waals surface area contributed by atoms with Gasteiger partial charge in [0, 0.05) is 23.7 Å². The standard InChI is InChI=1S/C22H23NO5/c1-12(2)20(22(26)27)23-11-16-13(3)9-17-19(21(16)25)15(10-18(24)28-17)14-7-5-4-6-8-14/h4-10,12,20,23,25H,11H2,1-3H3,(H,26,27)/t20-/m0/s1. The predicted molar refractivity (Wildman–Crippen MR) is 107 cm³/mol. The van der Waals surface area contributed by atoms with Crippen molar-refractivity contribution in [2.24, 2.45) is 5.92 Å². The van der Waals surface area contributed by atoms with Crippen LogP contribution in [0.15, 0.2) is 51.7 Å². The Bertz CT molecular complexity index is 1070. The van der Waals surface area contributed by atoms with Crippen molar-refractivity contribution in [1.29, 1.82) is 0 Å². The summed E-state index contributed by atoms with van der Waals surface area (Å²) in [4.78, 5) is 23.5. The summed E-state index contributed by atoms with van der Waals surface area (Å²) < 4.78 is 5.31. The lowest BCUT2D eigenvalue weighted by Crippen LogP contribution is -2.40. The van der Waals surface area contributed by atoms with Gasteiger partial charge in [-0.2, -0.15) is 0 Å². The average Bonchev–Trinajstić information content (AvgIpc) is 2.63. The van der Waals surface area contributed by atoms with Crippen molar-refractivity contribution in [2.75, 3.05) is 0 Å². The molecular weight excluding hydrogens is 358 g/mol. The van der Waals surface area contributed by atoms with E-state index in [2.05, 4.69) is 5.32 Å².